The summed E-state index contributed by atoms with van der Waals surface area (Å²) in [5, 5.41) is 8.72. The van der Waals surface area contributed by atoms with Crippen LogP contribution >= 0.6 is 0 Å². The van der Waals surface area contributed by atoms with Gasteiger partial charge in [-0.05, 0) is 49.9 Å². The van der Waals surface area contributed by atoms with Gasteiger partial charge in [-0.3, -0.25) is 0 Å². The van der Waals surface area contributed by atoms with E-state index in [0.717, 1.165) is 38.0 Å². The van der Waals surface area contributed by atoms with Crippen LogP contribution in [0.4, 0.5) is 0 Å². The maximum absolute atomic E-state index is 8.72. The van der Waals surface area contributed by atoms with Crippen molar-refractivity contribution in [1.29, 1.82) is 5.26 Å². The topological polar surface area (TPSA) is 51.5 Å². The maximum Gasteiger partial charge on any atom is 0.119 e. The second-order valence-electron chi connectivity index (χ2n) is 5.36. The third-order valence-electron chi connectivity index (χ3n) is 3.81. The highest BCUT2D eigenvalue weighted by Gasteiger charge is 2.21. The van der Waals surface area contributed by atoms with E-state index in [9.17, 15) is 0 Å². The van der Waals surface area contributed by atoms with E-state index >= 15 is 0 Å². The molecule has 0 bridgehead atoms. The van der Waals surface area contributed by atoms with Crippen LogP contribution in [0.25, 0.3) is 0 Å². The van der Waals surface area contributed by atoms with Gasteiger partial charge in [0, 0.05) is 13.5 Å². The quantitative estimate of drug-likeness (QED) is 0.723. The zero-order valence-corrected chi connectivity index (χ0v) is 12.6. The number of nitriles is 1. The van der Waals surface area contributed by atoms with Gasteiger partial charge in [0.15, 0.2) is 0 Å². The van der Waals surface area contributed by atoms with Crippen molar-refractivity contribution in [2.45, 2.75) is 44.3 Å². The Bertz CT molecular complexity index is 452. The van der Waals surface area contributed by atoms with Gasteiger partial charge in [0.05, 0.1) is 37.1 Å². The number of benzene rings is 1. The molecule has 0 heterocycles. The van der Waals surface area contributed by atoms with Crippen LogP contribution in [0.5, 0.6) is 5.75 Å². The van der Waals surface area contributed by atoms with Gasteiger partial charge in [-0.15, -0.1) is 0 Å². The largest absolute Gasteiger partial charge is 0.494 e. The maximum atomic E-state index is 8.72. The predicted molar refractivity (Wildman–Crippen MR) is 80.3 cm³/mol. The van der Waals surface area contributed by atoms with Crippen molar-refractivity contribution < 1.29 is 14.2 Å². The molecule has 0 radical (unpaired) electrons. The van der Waals surface area contributed by atoms with Crippen molar-refractivity contribution in [3.63, 3.8) is 0 Å². The lowest BCUT2D eigenvalue weighted by atomic mass is 9.95. The van der Waals surface area contributed by atoms with Crippen LogP contribution in [0.15, 0.2) is 24.3 Å². The molecule has 4 heteroatoms. The molecule has 2 atom stereocenters. The molecular formula is C17H23NO3. The fourth-order valence-corrected chi connectivity index (χ4v) is 2.59. The molecule has 0 saturated heterocycles. The predicted octanol–water partition coefficient (Wildman–Crippen LogP) is 3.30. The third kappa shape index (κ3) is 5.37. The summed E-state index contributed by atoms with van der Waals surface area (Å²) in [6.07, 6.45) is 6.04. The fourth-order valence-electron chi connectivity index (χ4n) is 2.59. The van der Waals surface area contributed by atoms with Crippen molar-refractivity contribution in [1.82, 2.24) is 0 Å². The van der Waals surface area contributed by atoms with Crippen LogP contribution in [-0.2, 0) is 9.47 Å². The number of ether oxygens (including phenoxy) is 3. The molecule has 1 aliphatic carbocycles. The molecule has 2 rings (SSSR count). The Hall–Kier alpha value is -1.57. The van der Waals surface area contributed by atoms with E-state index in [0.29, 0.717) is 24.4 Å². The first-order valence-electron chi connectivity index (χ1n) is 7.59. The molecular weight excluding hydrogens is 266 g/mol. The molecule has 4 nitrogen and oxygen atoms in total. The van der Waals surface area contributed by atoms with Crippen LogP contribution in [0, 0.1) is 11.3 Å². The van der Waals surface area contributed by atoms with Crippen LogP contribution < -0.4 is 4.74 Å². The van der Waals surface area contributed by atoms with Gasteiger partial charge in [0.2, 0.25) is 0 Å². The molecule has 1 aliphatic rings. The zero-order chi connectivity index (χ0) is 14.9. The van der Waals surface area contributed by atoms with E-state index in [4.69, 9.17) is 19.5 Å². The van der Waals surface area contributed by atoms with E-state index in [-0.39, 0.29) is 0 Å². The summed E-state index contributed by atoms with van der Waals surface area (Å²) < 4.78 is 16.9. The Kier molecular flexibility index (Phi) is 6.52. The molecule has 0 aliphatic heterocycles. The number of rotatable bonds is 7. The molecule has 1 fully saturated rings. The molecule has 114 valence electrons. The molecule has 0 aromatic heterocycles. The Morgan fingerprint density at radius 3 is 2.62 bits per heavy atom. The first-order chi connectivity index (χ1) is 10.3. The van der Waals surface area contributed by atoms with Crippen molar-refractivity contribution in [3.05, 3.63) is 29.8 Å². The normalized spacial score (nSPS) is 21.7. The van der Waals surface area contributed by atoms with E-state index in [2.05, 4.69) is 6.07 Å². The fraction of sp³-hybridized carbons (Fsp3) is 0.588. The zero-order valence-electron chi connectivity index (χ0n) is 12.6. The molecule has 0 amide bonds. The second-order valence-corrected chi connectivity index (χ2v) is 5.36. The summed E-state index contributed by atoms with van der Waals surface area (Å²) in [6.45, 7) is 1.35. The molecule has 0 spiro atoms. The highest BCUT2D eigenvalue weighted by atomic mass is 16.5. The minimum absolute atomic E-state index is 0.332. The summed E-state index contributed by atoms with van der Waals surface area (Å²) in [7, 11) is 1.78. The molecule has 1 saturated carbocycles. The van der Waals surface area contributed by atoms with Crippen LogP contribution in [0.2, 0.25) is 0 Å². The average Bonchev–Trinajstić information content (AvgIpc) is 2.55. The first kappa shape index (κ1) is 15.8. The van der Waals surface area contributed by atoms with Gasteiger partial charge in [-0.1, -0.05) is 0 Å². The van der Waals surface area contributed by atoms with E-state index < -0.39 is 0 Å². The summed E-state index contributed by atoms with van der Waals surface area (Å²) in [6, 6.07) is 9.26. The summed E-state index contributed by atoms with van der Waals surface area (Å²) >= 11 is 0. The van der Waals surface area contributed by atoms with Crippen LogP contribution in [-0.4, -0.2) is 32.5 Å². The van der Waals surface area contributed by atoms with Gasteiger partial charge in [-0.2, -0.15) is 5.26 Å². The average molecular weight is 289 g/mol. The van der Waals surface area contributed by atoms with Crippen molar-refractivity contribution in [2.24, 2.45) is 0 Å². The first-order valence-corrected chi connectivity index (χ1v) is 7.59. The Balaban J connectivity index is 1.58. The lowest BCUT2D eigenvalue weighted by Crippen LogP contribution is -2.28. The van der Waals surface area contributed by atoms with E-state index in [1.807, 2.05) is 12.1 Å². The Labute approximate surface area is 126 Å². The van der Waals surface area contributed by atoms with Crippen molar-refractivity contribution in [3.8, 4) is 11.8 Å². The standard InChI is InChI=1S/C17H23NO3/c1-19-16-4-2-5-17(12-16)21-11-3-10-20-15-8-6-14(13-18)7-9-15/h6-9,16-17H,2-5,10-12H2,1H3. The van der Waals surface area contributed by atoms with E-state index in [1.54, 1.807) is 19.2 Å². The highest BCUT2D eigenvalue weighted by molar-refractivity contribution is 5.34. The SMILES string of the molecule is COC1CCCC(OCCCOc2ccc(C#N)cc2)C1. The van der Waals surface area contributed by atoms with Crippen LogP contribution in [0.1, 0.15) is 37.7 Å². The lowest BCUT2D eigenvalue weighted by molar-refractivity contribution is -0.0317. The van der Waals surface area contributed by atoms with Gasteiger partial charge >= 0.3 is 0 Å². The molecule has 0 N–H and O–H groups in total. The minimum Gasteiger partial charge on any atom is -0.494 e. The van der Waals surface area contributed by atoms with Crippen LogP contribution in [0.3, 0.4) is 0 Å². The van der Waals surface area contributed by atoms with Gasteiger partial charge in [0.1, 0.15) is 5.75 Å². The van der Waals surface area contributed by atoms with Crippen molar-refractivity contribution in [2.75, 3.05) is 20.3 Å². The molecule has 21 heavy (non-hydrogen) atoms. The lowest BCUT2D eigenvalue weighted by Gasteiger charge is -2.28. The van der Waals surface area contributed by atoms with E-state index in [1.165, 1.54) is 6.42 Å². The second kappa shape index (κ2) is 8.66. The van der Waals surface area contributed by atoms with Gasteiger partial charge in [0.25, 0.3) is 0 Å². The third-order valence-corrected chi connectivity index (χ3v) is 3.81. The molecule has 2 unspecified atom stereocenters. The smallest absolute Gasteiger partial charge is 0.119 e. The number of nitrogens with zero attached hydrogens (tertiary/aromatic N) is 1. The monoisotopic (exact) mass is 289 g/mol. The van der Waals surface area contributed by atoms with Crippen molar-refractivity contribution >= 4 is 0 Å². The summed E-state index contributed by atoms with van der Waals surface area (Å²) in [4.78, 5) is 0. The number of methoxy groups -OCH3 is 1. The Morgan fingerprint density at radius 1 is 1.14 bits per heavy atom. The number of hydrogen-bond acceptors (Lipinski definition) is 4. The number of hydrogen-bond donors (Lipinski definition) is 0. The summed E-state index contributed by atoms with van der Waals surface area (Å²) in [5.41, 5.74) is 0.649. The Morgan fingerprint density at radius 2 is 1.90 bits per heavy atom. The summed E-state index contributed by atoms with van der Waals surface area (Å²) in [5.74, 6) is 0.797. The highest BCUT2D eigenvalue weighted by Crippen LogP contribution is 2.23. The molecule has 1 aromatic rings. The minimum atomic E-state index is 0.332. The van der Waals surface area contributed by atoms with Gasteiger partial charge < -0.3 is 14.2 Å². The molecule has 1 aromatic carbocycles. The van der Waals surface area contributed by atoms with Gasteiger partial charge in [-0.25, -0.2) is 0 Å².